The highest BCUT2D eigenvalue weighted by molar-refractivity contribution is 14.0. The number of nitrogens with zero attached hydrogens (tertiary/aromatic N) is 4. The maximum absolute atomic E-state index is 4.29. The quantitative estimate of drug-likeness (QED) is 0.354. The number of aryl methyl sites for hydroxylation is 2. The van der Waals surface area contributed by atoms with Crippen molar-refractivity contribution in [2.24, 2.45) is 4.99 Å². The van der Waals surface area contributed by atoms with Crippen LogP contribution >= 0.6 is 24.0 Å². The highest BCUT2D eigenvalue weighted by atomic mass is 127. The highest BCUT2D eigenvalue weighted by Crippen LogP contribution is 2.14. The van der Waals surface area contributed by atoms with E-state index in [1.807, 2.05) is 24.0 Å². The standard InChI is InChI=1S/C19H30N6.HI/c1-5-24(18-8-6-7-16(2)13-18)11-9-21-19(20-4)22-10-12-25-15-17(3)14-23-25;/h6-8,13-15H,5,9-12H2,1-4H3,(H2,20,21,22);1H. The lowest BCUT2D eigenvalue weighted by molar-refractivity contribution is 0.597. The zero-order valence-electron chi connectivity index (χ0n) is 16.2. The Morgan fingerprint density at radius 1 is 1.19 bits per heavy atom. The normalized spacial score (nSPS) is 11.0. The lowest BCUT2D eigenvalue weighted by Gasteiger charge is -2.24. The molecule has 0 aliphatic rings. The van der Waals surface area contributed by atoms with Crippen molar-refractivity contribution in [3.05, 3.63) is 47.8 Å². The molecule has 1 heterocycles. The first-order chi connectivity index (χ1) is 12.1. The number of hydrogen-bond donors (Lipinski definition) is 2. The van der Waals surface area contributed by atoms with Gasteiger partial charge in [0.05, 0.1) is 12.7 Å². The zero-order valence-corrected chi connectivity index (χ0v) is 18.5. The van der Waals surface area contributed by atoms with Crippen molar-refractivity contribution < 1.29 is 0 Å². The summed E-state index contributed by atoms with van der Waals surface area (Å²) in [5, 5.41) is 11.0. The molecule has 2 N–H and O–H groups in total. The summed E-state index contributed by atoms with van der Waals surface area (Å²) < 4.78 is 1.94. The molecule has 2 rings (SSSR count). The minimum atomic E-state index is 0. The Balaban J connectivity index is 0.00000338. The molecule has 2 aromatic rings. The van der Waals surface area contributed by atoms with E-state index in [2.05, 4.69) is 63.7 Å². The van der Waals surface area contributed by atoms with Gasteiger partial charge in [0.25, 0.3) is 0 Å². The van der Waals surface area contributed by atoms with Crippen LogP contribution in [0.1, 0.15) is 18.1 Å². The first-order valence-electron chi connectivity index (χ1n) is 8.87. The summed E-state index contributed by atoms with van der Waals surface area (Å²) in [5.41, 5.74) is 3.73. The fourth-order valence-corrected chi connectivity index (χ4v) is 2.70. The van der Waals surface area contributed by atoms with Crippen LogP contribution in [0.2, 0.25) is 0 Å². The number of guanidine groups is 1. The Labute approximate surface area is 174 Å². The topological polar surface area (TPSA) is 57.5 Å². The SMILES string of the molecule is CCN(CCNC(=NC)NCCn1cc(C)cn1)c1cccc(C)c1.I. The van der Waals surface area contributed by atoms with Gasteiger partial charge < -0.3 is 15.5 Å². The molecule has 0 aliphatic carbocycles. The first kappa shape index (κ1) is 22.3. The van der Waals surface area contributed by atoms with E-state index in [4.69, 9.17) is 0 Å². The Bertz CT molecular complexity index is 682. The molecule has 6 nitrogen and oxygen atoms in total. The fraction of sp³-hybridized carbons (Fsp3) is 0.474. The molecule has 0 bridgehead atoms. The second-order valence-corrected chi connectivity index (χ2v) is 6.13. The Morgan fingerprint density at radius 3 is 2.58 bits per heavy atom. The van der Waals surface area contributed by atoms with Crippen molar-refractivity contribution in [2.75, 3.05) is 38.1 Å². The van der Waals surface area contributed by atoms with Gasteiger partial charge in [-0.3, -0.25) is 9.67 Å². The van der Waals surface area contributed by atoms with Gasteiger partial charge in [-0.05, 0) is 44.0 Å². The van der Waals surface area contributed by atoms with E-state index < -0.39 is 0 Å². The minimum absolute atomic E-state index is 0. The summed E-state index contributed by atoms with van der Waals surface area (Å²) in [4.78, 5) is 6.64. The van der Waals surface area contributed by atoms with Crippen molar-refractivity contribution >= 4 is 35.6 Å². The van der Waals surface area contributed by atoms with Gasteiger partial charge in [0.15, 0.2) is 5.96 Å². The lowest BCUT2D eigenvalue weighted by Crippen LogP contribution is -2.42. The molecule has 1 aromatic carbocycles. The Morgan fingerprint density at radius 2 is 1.96 bits per heavy atom. The van der Waals surface area contributed by atoms with E-state index >= 15 is 0 Å². The number of nitrogens with one attached hydrogen (secondary N) is 2. The van der Waals surface area contributed by atoms with E-state index in [1.54, 1.807) is 7.05 Å². The molecule has 0 saturated heterocycles. The maximum Gasteiger partial charge on any atom is 0.191 e. The van der Waals surface area contributed by atoms with Crippen LogP contribution in [0.5, 0.6) is 0 Å². The van der Waals surface area contributed by atoms with E-state index in [9.17, 15) is 0 Å². The van der Waals surface area contributed by atoms with Crippen LogP contribution in [-0.2, 0) is 6.54 Å². The van der Waals surface area contributed by atoms with Crippen LogP contribution in [-0.4, -0.2) is 49.0 Å². The van der Waals surface area contributed by atoms with E-state index in [0.717, 1.165) is 38.7 Å². The number of anilines is 1. The molecule has 0 aliphatic heterocycles. The monoisotopic (exact) mass is 470 g/mol. The van der Waals surface area contributed by atoms with Crippen LogP contribution in [0.4, 0.5) is 5.69 Å². The summed E-state index contributed by atoms with van der Waals surface area (Å²) in [7, 11) is 1.80. The van der Waals surface area contributed by atoms with Gasteiger partial charge in [-0.15, -0.1) is 24.0 Å². The zero-order chi connectivity index (χ0) is 18.1. The third kappa shape index (κ3) is 7.23. The molecule has 26 heavy (non-hydrogen) atoms. The van der Waals surface area contributed by atoms with E-state index in [1.165, 1.54) is 16.8 Å². The molecule has 0 fully saturated rings. The van der Waals surface area contributed by atoms with Gasteiger partial charge in [-0.25, -0.2) is 0 Å². The van der Waals surface area contributed by atoms with Crippen molar-refractivity contribution in [3.8, 4) is 0 Å². The van der Waals surface area contributed by atoms with E-state index in [-0.39, 0.29) is 24.0 Å². The van der Waals surface area contributed by atoms with Crippen molar-refractivity contribution in [1.82, 2.24) is 20.4 Å². The molecule has 1 aromatic heterocycles. The number of aliphatic imine (C=N–C) groups is 1. The predicted molar refractivity (Wildman–Crippen MR) is 121 cm³/mol. The summed E-state index contributed by atoms with van der Waals surface area (Å²) in [6, 6.07) is 8.62. The number of aromatic nitrogens is 2. The fourth-order valence-electron chi connectivity index (χ4n) is 2.70. The lowest BCUT2D eigenvalue weighted by atomic mass is 10.2. The Kier molecular flexibility index (Phi) is 10.1. The molecular formula is C19H31IN6. The Hall–Kier alpha value is -1.77. The van der Waals surface area contributed by atoms with Crippen LogP contribution in [0.3, 0.4) is 0 Å². The number of halogens is 1. The van der Waals surface area contributed by atoms with Gasteiger partial charge in [0.1, 0.15) is 0 Å². The maximum atomic E-state index is 4.29. The van der Waals surface area contributed by atoms with Gasteiger partial charge in [0, 0.05) is 45.1 Å². The predicted octanol–water partition coefficient (Wildman–Crippen LogP) is 2.81. The molecule has 0 atom stereocenters. The molecule has 0 radical (unpaired) electrons. The summed E-state index contributed by atoms with van der Waals surface area (Å²) in [6.07, 6.45) is 3.91. The van der Waals surface area contributed by atoms with E-state index in [0.29, 0.717) is 0 Å². The molecule has 7 heteroatoms. The van der Waals surface area contributed by atoms with Crippen LogP contribution in [0.15, 0.2) is 41.7 Å². The van der Waals surface area contributed by atoms with Crippen molar-refractivity contribution in [3.63, 3.8) is 0 Å². The third-order valence-electron chi connectivity index (χ3n) is 4.04. The number of rotatable bonds is 8. The van der Waals surface area contributed by atoms with Gasteiger partial charge >= 0.3 is 0 Å². The van der Waals surface area contributed by atoms with Gasteiger partial charge in [-0.1, -0.05) is 12.1 Å². The highest BCUT2D eigenvalue weighted by Gasteiger charge is 2.05. The van der Waals surface area contributed by atoms with Gasteiger partial charge in [0.2, 0.25) is 0 Å². The van der Waals surface area contributed by atoms with Gasteiger partial charge in [-0.2, -0.15) is 5.10 Å². The molecule has 144 valence electrons. The molecule has 0 amide bonds. The first-order valence-corrected chi connectivity index (χ1v) is 8.87. The molecule has 0 spiro atoms. The smallest absolute Gasteiger partial charge is 0.191 e. The van der Waals surface area contributed by atoms with Crippen LogP contribution in [0, 0.1) is 13.8 Å². The largest absolute Gasteiger partial charge is 0.370 e. The molecular weight excluding hydrogens is 439 g/mol. The number of benzene rings is 1. The summed E-state index contributed by atoms with van der Waals surface area (Å²) >= 11 is 0. The molecule has 0 saturated carbocycles. The third-order valence-corrected chi connectivity index (χ3v) is 4.04. The number of likely N-dealkylation sites (N-methyl/N-ethyl adjacent to an activating group) is 1. The second kappa shape index (κ2) is 11.8. The second-order valence-electron chi connectivity index (χ2n) is 6.13. The summed E-state index contributed by atoms with van der Waals surface area (Å²) in [5.74, 6) is 0.823. The minimum Gasteiger partial charge on any atom is -0.370 e. The van der Waals surface area contributed by atoms with Crippen LogP contribution < -0.4 is 15.5 Å². The average Bonchev–Trinajstić information content (AvgIpc) is 3.02. The van der Waals surface area contributed by atoms with Crippen molar-refractivity contribution in [1.29, 1.82) is 0 Å². The van der Waals surface area contributed by atoms with Crippen LogP contribution in [0.25, 0.3) is 0 Å². The molecule has 0 unspecified atom stereocenters. The number of hydrogen-bond acceptors (Lipinski definition) is 3. The summed E-state index contributed by atoms with van der Waals surface area (Å²) in [6.45, 7) is 10.7. The average molecular weight is 470 g/mol. The van der Waals surface area contributed by atoms with Crippen molar-refractivity contribution in [2.45, 2.75) is 27.3 Å².